The molecule has 0 bridgehead atoms. The predicted molar refractivity (Wildman–Crippen MR) is 134 cm³/mol. The highest BCUT2D eigenvalue weighted by Gasteiger charge is 2.34. The van der Waals surface area contributed by atoms with Crippen LogP contribution in [0, 0.1) is 6.92 Å². The number of benzene rings is 2. The lowest BCUT2D eigenvalue weighted by Gasteiger charge is -2.42. The monoisotopic (exact) mass is 455 g/mol. The molecule has 0 aliphatic carbocycles. The molecule has 1 N–H and O–H groups in total. The Labute approximate surface area is 198 Å². The van der Waals surface area contributed by atoms with Crippen LogP contribution in [0.25, 0.3) is 10.9 Å². The van der Waals surface area contributed by atoms with Crippen LogP contribution in [0.15, 0.2) is 65.4 Å². The second kappa shape index (κ2) is 8.65. The molecule has 0 spiro atoms. The number of aromatic amines is 1. The highest BCUT2D eigenvalue weighted by Crippen LogP contribution is 2.33. The van der Waals surface area contributed by atoms with Gasteiger partial charge in [0.2, 0.25) is 0 Å². The molecule has 1 atom stereocenters. The van der Waals surface area contributed by atoms with Gasteiger partial charge in [0, 0.05) is 61.2 Å². The SMILES string of the molecule is Cc1oncc1C(=O)N1c2ccccc2CCC1CN1CCN(c2cccc3[nH]ccc23)CC1. The number of nitrogens with zero attached hydrogens (tertiary/aromatic N) is 4. The number of aryl methyl sites for hydroxylation is 2. The first kappa shape index (κ1) is 21.0. The Hall–Kier alpha value is -3.58. The molecule has 0 radical (unpaired) electrons. The molecule has 34 heavy (non-hydrogen) atoms. The van der Waals surface area contributed by atoms with Crippen LogP contribution in [0.5, 0.6) is 0 Å². The van der Waals surface area contributed by atoms with Gasteiger partial charge in [0.15, 0.2) is 0 Å². The number of hydrogen-bond donors (Lipinski definition) is 1. The molecule has 4 heterocycles. The molecular formula is C27H29N5O2. The van der Waals surface area contributed by atoms with Crippen LogP contribution in [-0.4, -0.2) is 59.7 Å². The second-order valence-corrected chi connectivity index (χ2v) is 9.30. The molecule has 1 fully saturated rings. The molecule has 1 saturated heterocycles. The third-order valence-electron chi connectivity index (χ3n) is 7.32. The highest BCUT2D eigenvalue weighted by molar-refractivity contribution is 6.07. The number of amides is 1. The Kier molecular flexibility index (Phi) is 5.34. The fraction of sp³-hybridized carbons (Fsp3) is 0.333. The van der Waals surface area contributed by atoms with Crippen molar-refractivity contribution in [2.24, 2.45) is 0 Å². The average molecular weight is 456 g/mol. The van der Waals surface area contributed by atoms with Crippen molar-refractivity contribution in [3.05, 3.63) is 77.8 Å². The molecule has 2 aliphatic rings. The van der Waals surface area contributed by atoms with Crippen LogP contribution >= 0.6 is 0 Å². The number of carbonyl (C=O) groups is 1. The van der Waals surface area contributed by atoms with Crippen LogP contribution in [0.2, 0.25) is 0 Å². The van der Waals surface area contributed by atoms with E-state index in [9.17, 15) is 4.79 Å². The van der Waals surface area contributed by atoms with E-state index in [1.165, 1.54) is 22.2 Å². The third-order valence-corrected chi connectivity index (χ3v) is 7.32. The number of fused-ring (bicyclic) bond motifs is 2. The summed E-state index contributed by atoms with van der Waals surface area (Å²) >= 11 is 0. The fourth-order valence-corrected chi connectivity index (χ4v) is 5.50. The molecule has 1 unspecified atom stereocenters. The summed E-state index contributed by atoms with van der Waals surface area (Å²) in [6.45, 7) is 6.58. The molecule has 4 aromatic rings. The standard InChI is InChI=1S/C27H29N5O2/c1-19-23(17-29-34-19)27(33)32-21(10-9-20-5-2-3-7-25(20)32)18-30-13-15-31(16-14-30)26-8-4-6-24-22(26)11-12-28-24/h2-8,11-12,17,21,28H,9-10,13-16,18H2,1H3. The lowest BCUT2D eigenvalue weighted by atomic mass is 9.94. The number of anilines is 2. The van der Waals surface area contributed by atoms with Crippen LogP contribution in [-0.2, 0) is 6.42 Å². The number of para-hydroxylation sites is 1. The Morgan fingerprint density at radius 1 is 1.06 bits per heavy atom. The van der Waals surface area contributed by atoms with E-state index < -0.39 is 0 Å². The normalized spacial score (nSPS) is 18.9. The van der Waals surface area contributed by atoms with Crippen molar-refractivity contribution in [1.29, 1.82) is 0 Å². The van der Waals surface area contributed by atoms with Crippen LogP contribution in [0.1, 0.15) is 28.1 Å². The van der Waals surface area contributed by atoms with Gasteiger partial charge >= 0.3 is 0 Å². The number of rotatable bonds is 4. The van der Waals surface area contributed by atoms with Gasteiger partial charge in [-0.1, -0.05) is 29.4 Å². The molecule has 2 aromatic carbocycles. The highest BCUT2D eigenvalue weighted by atomic mass is 16.5. The van der Waals surface area contributed by atoms with Crippen LogP contribution in [0.4, 0.5) is 11.4 Å². The average Bonchev–Trinajstić information content (AvgIpc) is 3.53. The quantitative estimate of drug-likeness (QED) is 0.498. The lowest BCUT2D eigenvalue weighted by Crippen LogP contribution is -2.54. The summed E-state index contributed by atoms with van der Waals surface area (Å²) < 4.78 is 5.21. The molecule has 7 heteroatoms. The first-order valence-corrected chi connectivity index (χ1v) is 12.0. The van der Waals surface area contributed by atoms with E-state index in [1.807, 2.05) is 17.2 Å². The topological polar surface area (TPSA) is 68.6 Å². The number of aromatic nitrogens is 2. The minimum Gasteiger partial charge on any atom is -0.368 e. The van der Waals surface area contributed by atoms with E-state index in [0.717, 1.165) is 51.3 Å². The number of nitrogens with one attached hydrogen (secondary N) is 1. The molecule has 0 saturated carbocycles. The van der Waals surface area contributed by atoms with E-state index in [2.05, 4.69) is 62.4 Å². The maximum absolute atomic E-state index is 13.6. The maximum atomic E-state index is 13.6. The Bertz CT molecular complexity index is 1320. The summed E-state index contributed by atoms with van der Waals surface area (Å²) in [6, 6.07) is 17.0. The van der Waals surface area contributed by atoms with Crippen LogP contribution < -0.4 is 9.80 Å². The van der Waals surface area contributed by atoms with E-state index >= 15 is 0 Å². The summed E-state index contributed by atoms with van der Waals surface area (Å²) in [6.07, 6.45) is 5.50. The summed E-state index contributed by atoms with van der Waals surface area (Å²) in [5, 5.41) is 5.13. The van der Waals surface area contributed by atoms with Crippen LogP contribution in [0.3, 0.4) is 0 Å². The minimum atomic E-state index is -0.0197. The van der Waals surface area contributed by atoms with Crippen molar-refractivity contribution >= 4 is 28.2 Å². The van der Waals surface area contributed by atoms with Crippen molar-refractivity contribution in [1.82, 2.24) is 15.0 Å². The first-order chi connectivity index (χ1) is 16.7. The zero-order valence-electron chi connectivity index (χ0n) is 19.4. The molecule has 1 amide bonds. The van der Waals surface area contributed by atoms with Gasteiger partial charge in [0.05, 0.1) is 12.2 Å². The van der Waals surface area contributed by atoms with Gasteiger partial charge in [-0.25, -0.2) is 0 Å². The maximum Gasteiger partial charge on any atom is 0.263 e. The Morgan fingerprint density at radius 2 is 1.88 bits per heavy atom. The number of carbonyl (C=O) groups excluding carboxylic acids is 1. The molecule has 2 aromatic heterocycles. The molecule has 6 rings (SSSR count). The van der Waals surface area contributed by atoms with Crippen molar-refractivity contribution in [3.63, 3.8) is 0 Å². The minimum absolute atomic E-state index is 0.0197. The molecule has 7 nitrogen and oxygen atoms in total. The van der Waals surface area contributed by atoms with Crippen molar-refractivity contribution in [2.75, 3.05) is 42.5 Å². The predicted octanol–water partition coefficient (Wildman–Crippen LogP) is 4.25. The third kappa shape index (κ3) is 3.66. The summed E-state index contributed by atoms with van der Waals surface area (Å²) in [4.78, 5) is 23.9. The van der Waals surface area contributed by atoms with Gasteiger partial charge in [-0.05, 0) is 49.6 Å². The van der Waals surface area contributed by atoms with Gasteiger partial charge < -0.3 is 19.3 Å². The van der Waals surface area contributed by atoms with Crippen molar-refractivity contribution in [3.8, 4) is 0 Å². The molecular weight excluding hydrogens is 426 g/mol. The van der Waals surface area contributed by atoms with Gasteiger partial charge in [-0.3, -0.25) is 9.69 Å². The number of H-pyrrole nitrogens is 1. The van der Waals surface area contributed by atoms with E-state index in [-0.39, 0.29) is 11.9 Å². The lowest BCUT2D eigenvalue weighted by molar-refractivity contribution is 0.0961. The van der Waals surface area contributed by atoms with E-state index in [1.54, 1.807) is 13.1 Å². The number of hydrogen-bond acceptors (Lipinski definition) is 5. The van der Waals surface area contributed by atoms with Gasteiger partial charge in [-0.15, -0.1) is 0 Å². The van der Waals surface area contributed by atoms with Crippen molar-refractivity contribution < 1.29 is 9.32 Å². The molecule has 2 aliphatic heterocycles. The van der Waals surface area contributed by atoms with Gasteiger partial charge in [0.1, 0.15) is 11.3 Å². The Balaban J connectivity index is 1.20. The van der Waals surface area contributed by atoms with Crippen molar-refractivity contribution in [2.45, 2.75) is 25.8 Å². The largest absolute Gasteiger partial charge is 0.368 e. The fourth-order valence-electron chi connectivity index (χ4n) is 5.50. The van der Waals surface area contributed by atoms with Gasteiger partial charge in [0.25, 0.3) is 5.91 Å². The summed E-state index contributed by atoms with van der Waals surface area (Å²) in [5.74, 6) is 0.549. The summed E-state index contributed by atoms with van der Waals surface area (Å²) in [5.41, 5.74) is 5.27. The van der Waals surface area contributed by atoms with Gasteiger partial charge in [-0.2, -0.15) is 0 Å². The first-order valence-electron chi connectivity index (χ1n) is 12.0. The Morgan fingerprint density at radius 3 is 2.71 bits per heavy atom. The summed E-state index contributed by atoms with van der Waals surface area (Å²) in [7, 11) is 0. The smallest absolute Gasteiger partial charge is 0.263 e. The second-order valence-electron chi connectivity index (χ2n) is 9.30. The molecule has 174 valence electrons. The zero-order chi connectivity index (χ0) is 23.1. The van der Waals surface area contributed by atoms with E-state index in [4.69, 9.17) is 4.52 Å². The zero-order valence-corrected chi connectivity index (χ0v) is 19.4. The number of piperazine rings is 1. The van der Waals surface area contributed by atoms with E-state index in [0.29, 0.717) is 11.3 Å².